The molecule has 2 fully saturated rings. The molecule has 0 bridgehead atoms. The maximum atomic E-state index is 13.6. The summed E-state index contributed by atoms with van der Waals surface area (Å²) in [5.41, 5.74) is 0.942. The average Bonchev–Trinajstić information content (AvgIpc) is 3.04. The predicted molar refractivity (Wildman–Crippen MR) is 119 cm³/mol. The molecule has 1 saturated heterocycles. The fraction of sp³-hybridized carbons (Fsp3) is 0.783. The molecule has 0 aromatic carbocycles. The zero-order chi connectivity index (χ0) is 20.1. The molecule has 0 spiro atoms. The van der Waals surface area contributed by atoms with Gasteiger partial charge in [-0.15, -0.1) is 0 Å². The molecule has 29 heavy (non-hydrogen) atoms. The van der Waals surface area contributed by atoms with E-state index in [-0.39, 0.29) is 11.9 Å². The van der Waals surface area contributed by atoms with Crippen LogP contribution in [0.1, 0.15) is 84.0 Å². The van der Waals surface area contributed by atoms with Crippen molar-refractivity contribution in [3.63, 3.8) is 0 Å². The number of nitrogens with one attached hydrogen (secondary N) is 1. The fourth-order valence-electron chi connectivity index (χ4n) is 5.18. The van der Waals surface area contributed by atoms with Gasteiger partial charge in [0.2, 0.25) is 5.91 Å². The van der Waals surface area contributed by atoms with Crippen LogP contribution in [0.3, 0.4) is 0 Å². The molecule has 3 heterocycles. The molecule has 1 aliphatic carbocycles. The number of carbonyl (C=O) groups is 1. The molecule has 1 saturated carbocycles. The Balaban J connectivity index is 1.66. The number of aromatic nitrogens is 2. The van der Waals surface area contributed by atoms with Gasteiger partial charge in [0, 0.05) is 19.6 Å². The van der Waals surface area contributed by atoms with E-state index in [0.717, 1.165) is 56.2 Å². The summed E-state index contributed by atoms with van der Waals surface area (Å²) in [7, 11) is 0. The lowest BCUT2D eigenvalue weighted by molar-refractivity contribution is -0.119. The molecular formula is C23H37N5O. The summed E-state index contributed by atoms with van der Waals surface area (Å²) in [6, 6.07) is -0.155. The number of hydrogen-bond acceptors (Lipinski definition) is 5. The van der Waals surface area contributed by atoms with E-state index in [4.69, 9.17) is 4.98 Å². The van der Waals surface area contributed by atoms with Crippen molar-refractivity contribution in [2.24, 2.45) is 5.92 Å². The zero-order valence-electron chi connectivity index (χ0n) is 18.0. The van der Waals surface area contributed by atoms with Crippen molar-refractivity contribution in [1.82, 2.24) is 9.97 Å². The first-order valence-electron chi connectivity index (χ1n) is 12.0. The van der Waals surface area contributed by atoms with Crippen LogP contribution in [0.25, 0.3) is 0 Å². The van der Waals surface area contributed by atoms with Crippen LogP contribution < -0.4 is 15.1 Å². The highest BCUT2D eigenvalue weighted by atomic mass is 16.2. The fourth-order valence-corrected chi connectivity index (χ4v) is 5.18. The lowest BCUT2D eigenvalue weighted by Crippen LogP contribution is -2.50. The van der Waals surface area contributed by atoms with Crippen molar-refractivity contribution < 1.29 is 4.79 Å². The summed E-state index contributed by atoms with van der Waals surface area (Å²) < 4.78 is 0. The van der Waals surface area contributed by atoms with Crippen molar-refractivity contribution in [3.05, 3.63) is 6.33 Å². The predicted octanol–water partition coefficient (Wildman–Crippen LogP) is 4.75. The maximum Gasteiger partial charge on any atom is 0.249 e. The first kappa shape index (κ1) is 20.4. The summed E-state index contributed by atoms with van der Waals surface area (Å²) in [4.78, 5) is 27.3. The largest absolute Gasteiger partial charge is 0.356 e. The number of carbonyl (C=O) groups excluding carboxylic acids is 1. The Morgan fingerprint density at radius 1 is 1.03 bits per heavy atom. The minimum atomic E-state index is -0.155. The zero-order valence-corrected chi connectivity index (χ0v) is 18.0. The van der Waals surface area contributed by atoms with E-state index in [0.29, 0.717) is 5.92 Å². The molecule has 1 amide bonds. The number of nitrogens with zero attached hydrogens (tertiary/aromatic N) is 4. The van der Waals surface area contributed by atoms with Gasteiger partial charge >= 0.3 is 0 Å². The Bertz CT molecular complexity index is 680. The van der Waals surface area contributed by atoms with Crippen LogP contribution in [0.15, 0.2) is 6.33 Å². The van der Waals surface area contributed by atoms with E-state index in [1.54, 1.807) is 6.33 Å². The highest BCUT2D eigenvalue weighted by molar-refractivity contribution is 6.07. The van der Waals surface area contributed by atoms with E-state index >= 15 is 0 Å². The summed E-state index contributed by atoms with van der Waals surface area (Å²) >= 11 is 0. The van der Waals surface area contributed by atoms with E-state index in [1.807, 2.05) is 0 Å². The molecule has 1 aromatic heterocycles. The quantitative estimate of drug-likeness (QED) is 0.748. The Kier molecular flexibility index (Phi) is 6.88. The minimum Gasteiger partial charge on any atom is -0.356 e. The van der Waals surface area contributed by atoms with E-state index in [2.05, 4.69) is 27.0 Å². The van der Waals surface area contributed by atoms with Crippen LogP contribution in [0.5, 0.6) is 0 Å². The number of unbranched alkanes of at least 4 members (excludes halogenated alkanes) is 1. The molecule has 1 N–H and O–H groups in total. The van der Waals surface area contributed by atoms with Gasteiger partial charge in [-0.1, -0.05) is 51.9 Å². The molecule has 4 rings (SSSR count). The van der Waals surface area contributed by atoms with Crippen molar-refractivity contribution in [2.75, 3.05) is 34.8 Å². The third-order valence-corrected chi connectivity index (χ3v) is 6.87. The number of rotatable bonds is 6. The summed E-state index contributed by atoms with van der Waals surface area (Å²) in [6.07, 6.45) is 16.1. The standard InChI is InChI=1S/C23H37N5O/c1-2-3-13-19-23(29)28(16-18-11-7-6-8-12-18)20-21(26-19)24-17-25-22(20)27-14-9-4-5-10-15-27/h17-19H,2-16H2,1H3,(H,24,25,26)/t19-/m0/s1. The highest BCUT2D eigenvalue weighted by Crippen LogP contribution is 2.40. The number of hydrogen-bond donors (Lipinski definition) is 1. The Morgan fingerprint density at radius 2 is 1.76 bits per heavy atom. The third-order valence-electron chi connectivity index (χ3n) is 6.87. The van der Waals surface area contributed by atoms with Crippen LogP contribution in [0, 0.1) is 5.92 Å². The summed E-state index contributed by atoms with van der Waals surface area (Å²) in [5.74, 6) is 2.64. The SMILES string of the molecule is CCCC[C@@H]1Nc2ncnc(N3CCCCCC3)c2N(CC2CCCCC2)C1=O. The summed E-state index contributed by atoms with van der Waals surface area (Å²) in [6.45, 7) is 5.05. The monoisotopic (exact) mass is 399 g/mol. The van der Waals surface area contributed by atoms with Gasteiger partial charge in [0.1, 0.15) is 18.1 Å². The van der Waals surface area contributed by atoms with Crippen LogP contribution in [0.4, 0.5) is 17.3 Å². The molecule has 1 aromatic rings. The Hall–Kier alpha value is -1.85. The second-order valence-corrected chi connectivity index (χ2v) is 9.09. The van der Waals surface area contributed by atoms with Crippen molar-refractivity contribution in [3.8, 4) is 0 Å². The van der Waals surface area contributed by atoms with Gasteiger partial charge in [-0.05, 0) is 38.0 Å². The van der Waals surface area contributed by atoms with E-state index in [1.165, 1.54) is 57.8 Å². The van der Waals surface area contributed by atoms with Gasteiger partial charge in [-0.3, -0.25) is 4.79 Å². The molecule has 6 nitrogen and oxygen atoms in total. The van der Waals surface area contributed by atoms with Crippen LogP contribution in [-0.4, -0.2) is 41.6 Å². The van der Waals surface area contributed by atoms with Crippen LogP contribution in [0.2, 0.25) is 0 Å². The molecule has 2 aliphatic heterocycles. The molecule has 1 atom stereocenters. The second-order valence-electron chi connectivity index (χ2n) is 9.09. The van der Waals surface area contributed by atoms with Gasteiger partial charge in [-0.2, -0.15) is 0 Å². The first-order chi connectivity index (χ1) is 14.3. The van der Waals surface area contributed by atoms with E-state index < -0.39 is 0 Å². The first-order valence-corrected chi connectivity index (χ1v) is 12.0. The smallest absolute Gasteiger partial charge is 0.249 e. The van der Waals surface area contributed by atoms with Crippen molar-refractivity contribution >= 4 is 23.2 Å². The topological polar surface area (TPSA) is 61.4 Å². The highest BCUT2D eigenvalue weighted by Gasteiger charge is 2.37. The maximum absolute atomic E-state index is 13.6. The molecule has 160 valence electrons. The second kappa shape index (κ2) is 9.77. The van der Waals surface area contributed by atoms with Gasteiger partial charge in [-0.25, -0.2) is 9.97 Å². The van der Waals surface area contributed by atoms with Gasteiger partial charge in [0.05, 0.1) is 0 Å². The normalized spacial score (nSPS) is 23.5. The average molecular weight is 400 g/mol. The number of anilines is 3. The van der Waals surface area contributed by atoms with Crippen LogP contribution in [-0.2, 0) is 4.79 Å². The number of amides is 1. The van der Waals surface area contributed by atoms with Crippen molar-refractivity contribution in [1.29, 1.82) is 0 Å². The minimum absolute atomic E-state index is 0.155. The number of fused-ring (bicyclic) bond motifs is 1. The molecule has 3 aliphatic rings. The van der Waals surface area contributed by atoms with Crippen molar-refractivity contribution in [2.45, 2.75) is 90.0 Å². The van der Waals surface area contributed by atoms with E-state index in [9.17, 15) is 4.79 Å². The van der Waals surface area contributed by atoms with Crippen LogP contribution >= 0.6 is 0 Å². The van der Waals surface area contributed by atoms with Gasteiger partial charge in [0.15, 0.2) is 11.6 Å². The summed E-state index contributed by atoms with van der Waals surface area (Å²) in [5, 5.41) is 3.47. The lowest BCUT2D eigenvalue weighted by Gasteiger charge is -2.39. The molecule has 0 radical (unpaired) electrons. The van der Waals surface area contributed by atoms with Gasteiger partial charge in [0.25, 0.3) is 0 Å². The lowest BCUT2D eigenvalue weighted by atomic mass is 9.88. The Labute approximate surface area is 175 Å². The molecule has 6 heteroatoms. The Morgan fingerprint density at radius 3 is 2.48 bits per heavy atom. The molecular weight excluding hydrogens is 362 g/mol. The third kappa shape index (κ3) is 4.67. The van der Waals surface area contributed by atoms with Gasteiger partial charge < -0.3 is 15.1 Å². The molecule has 0 unspecified atom stereocenters.